The van der Waals surface area contributed by atoms with E-state index >= 15 is 0 Å². The van der Waals surface area contributed by atoms with Crippen LogP contribution >= 0.6 is 0 Å². The first-order valence-electron chi connectivity index (χ1n) is 24.6. The molecule has 1 unspecified atom stereocenters. The molecular formula is C51H64N8O18. The van der Waals surface area contributed by atoms with E-state index in [-0.39, 0.29) is 79.3 Å². The molecule has 26 nitrogen and oxygen atoms in total. The molecule has 2 fully saturated rings. The van der Waals surface area contributed by atoms with E-state index in [2.05, 4.69) is 39.7 Å². The lowest BCUT2D eigenvalue weighted by Crippen LogP contribution is -2.61. The molecule has 2 aromatic carbocycles. The number of aliphatic hydroxyl groups is 4. The molecule has 416 valence electrons. The Kier molecular flexibility index (Phi) is 19.8. The second-order valence-corrected chi connectivity index (χ2v) is 18.6. The van der Waals surface area contributed by atoms with Crippen LogP contribution < -0.4 is 41.0 Å². The van der Waals surface area contributed by atoms with Gasteiger partial charge in [-0.15, -0.1) is 0 Å². The number of aryl methyl sites for hydroxylation is 1. The summed E-state index contributed by atoms with van der Waals surface area (Å²) < 4.78 is 29.0. The predicted octanol–water partition coefficient (Wildman–Crippen LogP) is 2.18. The second kappa shape index (κ2) is 26.1. The van der Waals surface area contributed by atoms with E-state index in [0.717, 1.165) is 11.0 Å². The molecule has 0 radical (unpaired) electrons. The van der Waals surface area contributed by atoms with Crippen molar-refractivity contribution in [2.75, 3.05) is 47.2 Å². The number of nitrogens with zero attached hydrogens (tertiary/aromatic N) is 3. The number of carbonyl (C=O) groups is 8. The third-order valence-electron chi connectivity index (χ3n) is 12.6. The Bertz CT molecular complexity index is 2700. The first kappa shape index (κ1) is 58.2. The van der Waals surface area contributed by atoms with Crippen LogP contribution in [-0.2, 0) is 40.4 Å². The van der Waals surface area contributed by atoms with Crippen LogP contribution in [0.15, 0.2) is 74.0 Å². The van der Waals surface area contributed by atoms with Crippen LogP contribution in [-0.4, -0.2) is 164 Å². The van der Waals surface area contributed by atoms with Crippen LogP contribution in [0.5, 0.6) is 11.5 Å². The van der Waals surface area contributed by atoms with Crippen LogP contribution in [0.3, 0.4) is 0 Å². The Morgan fingerprint density at radius 2 is 1.49 bits per heavy atom. The summed E-state index contributed by atoms with van der Waals surface area (Å²) in [5, 5.41) is 66.2. The number of carbonyl (C=O) groups excluding carboxylic acids is 7. The number of ether oxygens (including phenoxy) is 5. The first-order valence-corrected chi connectivity index (χ1v) is 24.6. The maximum absolute atomic E-state index is 14.2. The smallest absolute Gasteiger partial charge is 0.416 e. The van der Waals surface area contributed by atoms with Gasteiger partial charge in [-0.25, -0.2) is 19.3 Å². The van der Waals surface area contributed by atoms with Gasteiger partial charge in [-0.05, 0) is 74.9 Å². The van der Waals surface area contributed by atoms with Gasteiger partial charge in [0.2, 0.25) is 24.0 Å². The molecule has 3 aliphatic heterocycles. The quantitative estimate of drug-likeness (QED) is 0.0540. The molecule has 0 bridgehead atoms. The number of aliphatic carboxylic acids is 1. The number of hydrogen-bond donors (Lipinski definition) is 10. The SMILES string of the molecule is C=CCOC(=O)N[C@H](C(=O)N[C@@H](C)C(=O)Nc1ccc(NC(=O)c2cc(NC(=O)CCCOc3cc4c(cc3O[C@@H]3O[C@H](C(=O)O)[C@@H](O)[C@H](O)[C@H]3O)C(=O)N3CCCC[C@H]3C(O)N4C(=O)OCC=C)cn2C)cc1)C(C)C. The number of aliphatic hydroxyl groups excluding tert-OH is 4. The lowest BCUT2D eigenvalue weighted by Gasteiger charge is -2.38. The number of carboxylic acids is 1. The summed E-state index contributed by atoms with van der Waals surface area (Å²) >= 11 is 0. The number of fused-ring (bicyclic) bond motifs is 2. The fourth-order valence-electron chi connectivity index (χ4n) is 8.58. The van der Waals surface area contributed by atoms with Crippen molar-refractivity contribution in [2.45, 2.75) is 108 Å². The van der Waals surface area contributed by atoms with Gasteiger partial charge < -0.3 is 85.3 Å². The summed E-state index contributed by atoms with van der Waals surface area (Å²) in [5.74, 6) is -5.38. The van der Waals surface area contributed by atoms with Crippen molar-refractivity contribution in [3.63, 3.8) is 0 Å². The lowest BCUT2D eigenvalue weighted by atomic mass is 9.99. The normalized spacial score (nSPS) is 21.6. The molecule has 6 rings (SSSR count). The van der Waals surface area contributed by atoms with Gasteiger partial charge in [0.05, 0.1) is 29.6 Å². The molecule has 3 aromatic rings. The predicted molar refractivity (Wildman–Crippen MR) is 273 cm³/mol. The highest BCUT2D eigenvalue weighted by Gasteiger charge is 2.49. The van der Waals surface area contributed by atoms with E-state index in [1.807, 2.05) is 0 Å². The molecule has 0 aliphatic carbocycles. The largest absolute Gasteiger partial charge is 0.490 e. The van der Waals surface area contributed by atoms with Crippen LogP contribution in [0.25, 0.3) is 0 Å². The number of benzene rings is 2. The minimum Gasteiger partial charge on any atom is -0.490 e. The minimum absolute atomic E-state index is 0.0222. The minimum atomic E-state index is -2.05. The average molecular weight is 1080 g/mol. The topological polar surface area (TPSA) is 355 Å². The van der Waals surface area contributed by atoms with E-state index in [1.165, 1.54) is 71.1 Å². The van der Waals surface area contributed by atoms with Gasteiger partial charge in [-0.2, -0.15) is 0 Å². The average Bonchev–Trinajstić information content (AvgIpc) is 3.76. The van der Waals surface area contributed by atoms with Gasteiger partial charge >= 0.3 is 18.2 Å². The zero-order chi connectivity index (χ0) is 56.2. The summed E-state index contributed by atoms with van der Waals surface area (Å²) in [7, 11) is 1.59. The van der Waals surface area contributed by atoms with Crippen molar-refractivity contribution >= 4 is 70.4 Å². The lowest BCUT2D eigenvalue weighted by molar-refractivity contribution is -0.271. The highest BCUT2D eigenvalue weighted by Crippen LogP contribution is 2.42. The molecule has 1 aromatic heterocycles. The number of carboxylic acid groups (broad SMARTS) is 1. The maximum atomic E-state index is 14.2. The number of aromatic nitrogens is 1. The molecule has 9 atom stereocenters. The van der Waals surface area contributed by atoms with Crippen LogP contribution in [0.1, 0.15) is 73.7 Å². The standard InChI is InChI=1S/C51H64N8O18/c1-7-19-74-50(71)56-38(26(3)4)45(66)52-27(5)43(64)54-28-14-16-29(17-15-28)55-44(65)34-22-30(25-57(34)6)53-37(60)13-11-21-73-35-24-33-31(23-36(35)76-49-41(63)39(61)40(62)42(77-49)48(69)70)46(67)58-18-10-9-12-32(58)47(68)59(33)51(72)75-20-8-2/h7-8,14-17,22-27,32,38-42,47,49,61-63,68H,1-2,9-13,18-21H2,3-6H3,(H,52,66)(H,53,60)(H,54,64)(H,55,65)(H,56,71)(H,69,70)/t27-,32-,38-,39-,40-,41+,42-,47?,49+/m0/s1. The highest BCUT2D eigenvalue weighted by atomic mass is 16.7. The van der Waals surface area contributed by atoms with E-state index in [0.29, 0.717) is 30.6 Å². The van der Waals surface area contributed by atoms with Crippen LogP contribution in [0.2, 0.25) is 0 Å². The third-order valence-corrected chi connectivity index (χ3v) is 12.6. The Morgan fingerprint density at radius 1 is 0.818 bits per heavy atom. The summed E-state index contributed by atoms with van der Waals surface area (Å²) in [5.41, 5.74) is 0.804. The molecule has 0 spiro atoms. The van der Waals surface area contributed by atoms with Crippen molar-refractivity contribution in [3.05, 3.63) is 85.2 Å². The number of amides is 7. The van der Waals surface area contributed by atoms with Gasteiger partial charge in [0.15, 0.2) is 23.8 Å². The van der Waals surface area contributed by atoms with Gasteiger partial charge in [-0.1, -0.05) is 39.2 Å². The molecule has 10 N–H and O–H groups in total. The Labute approximate surface area is 441 Å². The Hall–Kier alpha value is -8.04. The zero-order valence-corrected chi connectivity index (χ0v) is 42.7. The highest BCUT2D eigenvalue weighted by molar-refractivity contribution is 6.06. The molecule has 4 heterocycles. The maximum Gasteiger partial charge on any atom is 0.416 e. The number of rotatable bonds is 21. The Balaban J connectivity index is 1.09. The van der Waals surface area contributed by atoms with Gasteiger partial charge in [0, 0.05) is 43.7 Å². The van der Waals surface area contributed by atoms with Crippen LogP contribution in [0.4, 0.5) is 32.3 Å². The molecule has 2 saturated heterocycles. The zero-order valence-electron chi connectivity index (χ0n) is 42.7. The van der Waals surface area contributed by atoms with E-state index < -0.39 is 103 Å². The number of hydrogen-bond acceptors (Lipinski definition) is 17. The number of nitrogens with one attached hydrogen (secondary N) is 5. The summed E-state index contributed by atoms with van der Waals surface area (Å²) in [6.07, 6.45) is -7.91. The van der Waals surface area contributed by atoms with E-state index in [4.69, 9.17) is 23.7 Å². The summed E-state index contributed by atoms with van der Waals surface area (Å²) in [6.45, 7) is 11.6. The second-order valence-electron chi connectivity index (χ2n) is 18.6. The third kappa shape index (κ3) is 14.3. The van der Waals surface area contributed by atoms with Crippen molar-refractivity contribution < 1.29 is 87.6 Å². The Morgan fingerprint density at radius 3 is 2.16 bits per heavy atom. The monoisotopic (exact) mass is 1080 g/mol. The molecular weight excluding hydrogens is 1010 g/mol. The fourth-order valence-corrected chi connectivity index (χ4v) is 8.58. The molecule has 7 amide bonds. The summed E-state index contributed by atoms with van der Waals surface area (Å²) in [4.78, 5) is 106. The molecule has 26 heteroatoms. The van der Waals surface area contributed by atoms with Gasteiger partial charge in [0.1, 0.15) is 49.3 Å². The molecule has 77 heavy (non-hydrogen) atoms. The van der Waals surface area contributed by atoms with E-state index in [1.54, 1.807) is 20.9 Å². The molecule has 3 aliphatic rings. The number of anilines is 4. The summed E-state index contributed by atoms with van der Waals surface area (Å²) in [6, 6.07) is 7.10. The van der Waals surface area contributed by atoms with Gasteiger partial charge in [0.25, 0.3) is 11.8 Å². The van der Waals surface area contributed by atoms with Crippen molar-refractivity contribution in [3.8, 4) is 11.5 Å². The van der Waals surface area contributed by atoms with E-state index in [9.17, 15) is 63.9 Å². The van der Waals surface area contributed by atoms with Crippen molar-refractivity contribution in [1.82, 2.24) is 20.1 Å². The van der Waals surface area contributed by atoms with Crippen LogP contribution in [0, 0.1) is 5.92 Å². The fraction of sp³-hybridized carbons (Fsp3) is 0.451. The van der Waals surface area contributed by atoms with Crippen molar-refractivity contribution in [1.29, 1.82) is 0 Å². The van der Waals surface area contributed by atoms with Crippen molar-refractivity contribution in [2.24, 2.45) is 13.0 Å². The molecule has 0 saturated carbocycles. The van der Waals surface area contributed by atoms with Gasteiger partial charge in [-0.3, -0.25) is 24.0 Å². The first-order chi connectivity index (χ1) is 36.6. The number of piperidine rings is 1. The number of alkyl carbamates (subject to hydrolysis) is 1.